The standard InChI is InChI=1S/C16H19NO/c1-6-7-16(17-13(4)14(5)18)15-9-8-11(2)12(3)10-15/h6-10H,4H2,1-3,5H3/b7-6-,17-16+. The molecule has 0 aromatic heterocycles. The molecule has 1 aromatic rings. The van der Waals surface area contributed by atoms with Gasteiger partial charge in [0.2, 0.25) is 0 Å². The van der Waals surface area contributed by atoms with Gasteiger partial charge in [-0.3, -0.25) is 4.79 Å². The molecule has 0 saturated carbocycles. The number of allylic oxidation sites excluding steroid dienone is 3. The summed E-state index contributed by atoms with van der Waals surface area (Å²) >= 11 is 0. The van der Waals surface area contributed by atoms with E-state index >= 15 is 0 Å². The molecule has 0 atom stereocenters. The highest BCUT2D eigenvalue weighted by molar-refractivity contribution is 6.11. The number of nitrogens with zero attached hydrogens (tertiary/aromatic N) is 1. The molecule has 0 radical (unpaired) electrons. The zero-order valence-corrected chi connectivity index (χ0v) is 11.4. The van der Waals surface area contributed by atoms with Gasteiger partial charge in [0, 0.05) is 12.5 Å². The Balaban J connectivity index is 3.24. The predicted octanol–water partition coefficient (Wildman–Crippen LogP) is 3.77. The molecular weight excluding hydrogens is 222 g/mol. The maximum Gasteiger partial charge on any atom is 0.177 e. The van der Waals surface area contributed by atoms with E-state index in [0.29, 0.717) is 0 Å². The second-order valence-electron chi connectivity index (χ2n) is 4.30. The summed E-state index contributed by atoms with van der Waals surface area (Å²) in [5, 5.41) is 0. The molecule has 0 heterocycles. The predicted molar refractivity (Wildman–Crippen MR) is 77.1 cm³/mol. The Kier molecular flexibility index (Phi) is 4.78. The van der Waals surface area contributed by atoms with Crippen LogP contribution in [0.4, 0.5) is 0 Å². The van der Waals surface area contributed by atoms with E-state index in [1.807, 2.05) is 25.1 Å². The van der Waals surface area contributed by atoms with Crippen molar-refractivity contribution in [2.45, 2.75) is 27.7 Å². The second kappa shape index (κ2) is 6.10. The van der Waals surface area contributed by atoms with E-state index in [9.17, 15) is 4.79 Å². The first-order chi connectivity index (χ1) is 8.45. The number of hydrogen-bond donors (Lipinski definition) is 0. The molecule has 0 aliphatic rings. The van der Waals surface area contributed by atoms with Crippen LogP contribution in [0, 0.1) is 13.8 Å². The van der Waals surface area contributed by atoms with E-state index in [1.54, 1.807) is 0 Å². The average molecular weight is 241 g/mol. The SMILES string of the molecule is C=C(/N=C(\C=C/C)c1ccc(C)c(C)c1)C(C)=O. The summed E-state index contributed by atoms with van der Waals surface area (Å²) in [4.78, 5) is 15.5. The van der Waals surface area contributed by atoms with Gasteiger partial charge in [0.1, 0.15) is 0 Å². The maximum absolute atomic E-state index is 11.2. The fourth-order valence-electron chi connectivity index (χ4n) is 1.48. The van der Waals surface area contributed by atoms with Crippen LogP contribution < -0.4 is 0 Å². The number of carbonyl (C=O) groups excluding carboxylic acids is 1. The van der Waals surface area contributed by atoms with Gasteiger partial charge in [-0.05, 0) is 44.0 Å². The first-order valence-electron chi connectivity index (χ1n) is 5.94. The van der Waals surface area contributed by atoms with Crippen LogP contribution >= 0.6 is 0 Å². The van der Waals surface area contributed by atoms with Crippen LogP contribution in [0.3, 0.4) is 0 Å². The minimum atomic E-state index is -0.110. The summed E-state index contributed by atoms with van der Waals surface area (Å²) in [5.74, 6) is -0.110. The summed E-state index contributed by atoms with van der Waals surface area (Å²) in [6, 6.07) is 6.14. The lowest BCUT2D eigenvalue weighted by Crippen LogP contribution is -2.02. The first kappa shape index (κ1) is 14.1. The normalized spacial score (nSPS) is 11.9. The molecule has 0 amide bonds. The molecule has 0 aliphatic carbocycles. The van der Waals surface area contributed by atoms with Crippen LogP contribution in [-0.2, 0) is 4.79 Å². The highest BCUT2D eigenvalue weighted by Crippen LogP contribution is 2.13. The van der Waals surface area contributed by atoms with Crippen LogP contribution in [0.5, 0.6) is 0 Å². The molecule has 2 nitrogen and oxygen atoms in total. The smallest absolute Gasteiger partial charge is 0.177 e. The fourth-order valence-corrected chi connectivity index (χ4v) is 1.48. The first-order valence-corrected chi connectivity index (χ1v) is 5.94. The topological polar surface area (TPSA) is 29.4 Å². The monoisotopic (exact) mass is 241 g/mol. The van der Waals surface area contributed by atoms with E-state index in [0.717, 1.165) is 11.3 Å². The Hall–Kier alpha value is -1.96. The quantitative estimate of drug-likeness (QED) is 0.583. The Morgan fingerprint density at radius 2 is 1.94 bits per heavy atom. The van der Waals surface area contributed by atoms with Gasteiger partial charge in [0.05, 0.1) is 11.4 Å². The van der Waals surface area contributed by atoms with Crippen molar-refractivity contribution in [3.8, 4) is 0 Å². The highest BCUT2D eigenvalue weighted by Gasteiger charge is 2.04. The van der Waals surface area contributed by atoms with E-state index < -0.39 is 0 Å². The molecular formula is C16H19NO. The number of aryl methyl sites for hydroxylation is 2. The lowest BCUT2D eigenvalue weighted by Gasteiger charge is -2.06. The molecule has 0 saturated heterocycles. The van der Waals surface area contributed by atoms with Crippen LogP contribution in [0.1, 0.15) is 30.5 Å². The third kappa shape index (κ3) is 3.52. The van der Waals surface area contributed by atoms with Gasteiger partial charge in [-0.1, -0.05) is 24.8 Å². The van der Waals surface area contributed by atoms with Crippen molar-refractivity contribution in [1.82, 2.24) is 0 Å². The van der Waals surface area contributed by atoms with Crippen LogP contribution in [0.2, 0.25) is 0 Å². The van der Waals surface area contributed by atoms with Crippen LogP contribution in [0.25, 0.3) is 0 Å². The highest BCUT2D eigenvalue weighted by atomic mass is 16.1. The summed E-state index contributed by atoms with van der Waals surface area (Å²) in [6.45, 7) is 11.2. The number of Topliss-reactive ketones (excluding diaryl/α,β-unsaturated/α-hetero) is 1. The molecule has 0 unspecified atom stereocenters. The molecule has 0 spiro atoms. The Morgan fingerprint density at radius 3 is 2.44 bits per heavy atom. The molecule has 94 valence electrons. The lowest BCUT2D eigenvalue weighted by atomic mass is 10.0. The number of rotatable bonds is 4. The summed E-state index contributed by atoms with van der Waals surface area (Å²) in [7, 11) is 0. The molecule has 1 aromatic carbocycles. The van der Waals surface area contributed by atoms with Gasteiger partial charge in [-0.2, -0.15) is 0 Å². The van der Waals surface area contributed by atoms with Crippen molar-refractivity contribution in [1.29, 1.82) is 0 Å². The number of aliphatic imine (C=N–C) groups is 1. The van der Waals surface area contributed by atoms with Crippen molar-refractivity contribution in [2.24, 2.45) is 4.99 Å². The third-order valence-electron chi connectivity index (χ3n) is 2.79. The maximum atomic E-state index is 11.2. The number of ketones is 1. The van der Waals surface area contributed by atoms with E-state index in [4.69, 9.17) is 0 Å². The van der Waals surface area contributed by atoms with Crippen molar-refractivity contribution in [3.05, 3.63) is 59.3 Å². The second-order valence-corrected chi connectivity index (χ2v) is 4.30. The molecule has 1 rings (SSSR count). The molecule has 2 heteroatoms. The van der Waals surface area contributed by atoms with Gasteiger partial charge in [-0.25, -0.2) is 4.99 Å². The van der Waals surface area contributed by atoms with Crippen molar-refractivity contribution in [3.63, 3.8) is 0 Å². The number of carbonyl (C=O) groups is 1. The summed E-state index contributed by atoms with van der Waals surface area (Å²) < 4.78 is 0. The van der Waals surface area contributed by atoms with Crippen LogP contribution in [-0.4, -0.2) is 11.5 Å². The minimum absolute atomic E-state index is 0.110. The third-order valence-corrected chi connectivity index (χ3v) is 2.79. The number of hydrogen-bond acceptors (Lipinski definition) is 2. The molecule has 0 aliphatic heterocycles. The Labute approximate surface area is 109 Å². The summed E-state index contributed by atoms with van der Waals surface area (Å²) in [5.41, 5.74) is 4.49. The van der Waals surface area contributed by atoms with E-state index in [2.05, 4.69) is 37.6 Å². The van der Waals surface area contributed by atoms with Gasteiger partial charge in [0.15, 0.2) is 5.78 Å². The van der Waals surface area contributed by atoms with Crippen molar-refractivity contribution in [2.75, 3.05) is 0 Å². The Morgan fingerprint density at radius 1 is 1.28 bits per heavy atom. The van der Waals surface area contributed by atoms with E-state index in [1.165, 1.54) is 18.1 Å². The molecule has 18 heavy (non-hydrogen) atoms. The van der Waals surface area contributed by atoms with Crippen molar-refractivity contribution >= 4 is 11.5 Å². The zero-order valence-electron chi connectivity index (χ0n) is 11.4. The molecule has 0 fully saturated rings. The molecule has 0 bridgehead atoms. The number of benzene rings is 1. The minimum Gasteiger partial charge on any atom is -0.293 e. The van der Waals surface area contributed by atoms with Gasteiger partial charge >= 0.3 is 0 Å². The zero-order chi connectivity index (χ0) is 13.7. The van der Waals surface area contributed by atoms with Gasteiger partial charge in [-0.15, -0.1) is 0 Å². The van der Waals surface area contributed by atoms with Gasteiger partial charge < -0.3 is 0 Å². The largest absolute Gasteiger partial charge is 0.293 e. The Bertz CT molecular complexity index is 536. The van der Waals surface area contributed by atoms with Crippen molar-refractivity contribution < 1.29 is 4.79 Å². The molecule has 0 N–H and O–H groups in total. The average Bonchev–Trinajstić information content (AvgIpc) is 2.32. The summed E-state index contributed by atoms with van der Waals surface area (Å²) in [6.07, 6.45) is 3.79. The van der Waals surface area contributed by atoms with E-state index in [-0.39, 0.29) is 11.5 Å². The van der Waals surface area contributed by atoms with Crippen LogP contribution in [0.15, 0.2) is 47.6 Å². The fraction of sp³-hybridized carbons (Fsp3) is 0.250. The lowest BCUT2D eigenvalue weighted by molar-refractivity contribution is -0.113. The van der Waals surface area contributed by atoms with Gasteiger partial charge in [0.25, 0.3) is 0 Å².